The molecule has 0 aromatic heterocycles. The van der Waals surface area contributed by atoms with E-state index in [1.807, 2.05) is 30.3 Å². The van der Waals surface area contributed by atoms with E-state index in [0.717, 1.165) is 31.2 Å². The van der Waals surface area contributed by atoms with Crippen LogP contribution in [0.1, 0.15) is 56.6 Å². The van der Waals surface area contributed by atoms with Crippen molar-refractivity contribution in [3.63, 3.8) is 0 Å². The lowest BCUT2D eigenvalue weighted by Gasteiger charge is -2.31. The number of nitrogens with one attached hydrogen (secondary N) is 1. The van der Waals surface area contributed by atoms with Gasteiger partial charge in [0.1, 0.15) is 5.54 Å². The van der Waals surface area contributed by atoms with Crippen molar-refractivity contribution in [3.8, 4) is 0 Å². The number of hydrogen-bond donors (Lipinski definition) is 2. The summed E-state index contributed by atoms with van der Waals surface area (Å²) in [7, 11) is 1.37. The lowest BCUT2D eigenvalue weighted by Crippen LogP contribution is -2.55. The molecule has 1 aromatic carbocycles. The number of esters is 1. The van der Waals surface area contributed by atoms with Gasteiger partial charge in [-0.05, 0) is 18.4 Å². The molecule has 1 amide bonds. The molecule has 0 saturated heterocycles. The number of carbonyl (C=O) groups excluding carboxylic acids is 2. The molecule has 0 aliphatic heterocycles. The first-order chi connectivity index (χ1) is 11.1. The van der Waals surface area contributed by atoms with Crippen LogP contribution in [0.15, 0.2) is 30.3 Å². The Morgan fingerprint density at radius 1 is 1.17 bits per heavy atom. The van der Waals surface area contributed by atoms with Crippen LogP contribution < -0.4 is 11.1 Å². The van der Waals surface area contributed by atoms with Crippen LogP contribution in [0.3, 0.4) is 0 Å². The third kappa shape index (κ3) is 5.21. The summed E-state index contributed by atoms with van der Waals surface area (Å²) in [5.74, 6) is -0.547. The summed E-state index contributed by atoms with van der Waals surface area (Å²) in [4.78, 5) is 24.7. The number of amides is 1. The molecule has 6 heteroatoms. The smallest absolute Gasteiger partial charge is 0.331 e. The van der Waals surface area contributed by atoms with Crippen molar-refractivity contribution >= 4 is 24.3 Å². The predicted octanol–water partition coefficient (Wildman–Crippen LogP) is 2.88. The van der Waals surface area contributed by atoms with Crippen LogP contribution in [0.25, 0.3) is 0 Å². The van der Waals surface area contributed by atoms with Crippen LogP contribution in [0, 0.1) is 0 Å². The predicted molar refractivity (Wildman–Crippen MR) is 95.8 cm³/mol. The molecule has 1 unspecified atom stereocenters. The molecule has 134 valence electrons. The van der Waals surface area contributed by atoms with E-state index in [9.17, 15) is 9.59 Å². The van der Waals surface area contributed by atoms with Gasteiger partial charge in [-0.1, -0.05) is 56.0 Å². The molecule has 24 heavy (non-hydrogen) atoms. The average molecular weight is 355 g/mol. The summed E-state index contributed by atoms with van der Waals surface area (Å²) in [6, 6.07) is 9.13. The molecule has 1 saturated carbocycles. The van der Waals surface area contributed by atoms with E-state index in [4.69, 9.17) is 10.5 Å². The zero-order chi connectivity index (χ0) is 16.7. The van der Waals surface area contributed by atoms with Crippen LogP contribution in [-0.4, -0.2) is 24.5 Å². The highest BCUT2D eigenvalue weighted by molar-refractivity contribution is 5.88. The molecule has 1 aromatic rings. The van der Waals surface area contributed by atoms with Gasteiger partial charge in [-0.25, -0.2) is 4.79 Å². The molecular formula is C18H27ClN2O3. The number of nitrogens with two attached hydrogens (primary N) is 1. The number of carbonyl (C=O) groups is 2. The highest BCUT2D eigenvalue weighted by atomic mass is 35.5. The average Bonchev–Trinajstić information content (AvgIpc) is 2.81. The largest absolute Gasteiger partial charge is 0.467 e. The van der Waals surface area contributed by atoms with Crippen molar-refractivity contribution in [2.45, 2.75) is 56.5 Å². The third-order valence-corrected chi connectivity index (χ3v) is 4.54. The lowest BCUT2D eigenvalue weighted by atomic mass is 9.89. The van der Waals surface area contributed by atoms with E-state index in [-0.39, 0.29) is 36.7 Å². The third-order valence-electron chi connectivity index (χ3n) is 4.54. The Morgan fingerprint density at radius 2 is 1.75 bits per heavy atom. The molecule has 1 aliphatic carbocycles. The van der Waals surface area contributed by atoms with E-state index >= 15 is 0 Å². The van der Waals surface area contributed by atoms with E-state index in [2.05, 4.69) is 5.32 Å². The minimum Gasteiger partial charge on any atom is -0.467 e. The summed E-state index contributed by atoms with van der Waals surface area (Å²) in [5, 5.41) is 2.93. The second-order valence-corrected chi connectivity index (χ2v) is 6.26. The molecule has 1 aliphatic rings. The number of benzene rings is 1. The van der Waals surface area contributed by atoms with Gasteiger partial charge in [-0.3, -0.25) is 4.79 Å². The van der Waals surface area contributed by atoms with Gasteiger partial charge in [-0.15, -0.1) is 12.4 Å². The molecule has 5 nitrogen and oxygen atoms in total. The summed E-state index contributed by atoms with van der Waals surface area (Å²) < 4.78 is 4.95. The van der Waals surface area contributed by atoms with Gasteiger partial charge in [0.15, 0.2) is 0 Å². The van der Waals surface area contributed by atoms with Crippen molar-refractivity contribution in [1.82, 2.24) is 5.32 Å². The fourth-order valence-corrected chi connectivity index (χ4v) is 3.24. The topological polar surface area (TPSA) is 81.4 Å². The maximum atomic E-state index is 12.4. The van der Waals surface area contributed by atoms with E-state index in [1.54, 1.807) is 0 Å². The molecule has 1 fully saturated rings. The molecule has 3 N–H and O–H groups in total. The Kier molecular flexibility index (Phi) is 8.22. The standard InChI is InChI=1S/C18H26N2O3.ClH/c1-23-17(22)18(11-7-2-3-8-12-18)20-16(21)13-15(19)14-9-5-4-6-10-14;/h4-6,9-10,15H,2-3,7-8,11-13,19H2,1H3,(H,20,21);1H. The van der Waals surface area contributed by atoms with Crippen LogP contribution in [-0.2, 0) is 14.3 Å². The van der Waals surface area contributed by atoms with Crippen LogP contribution in [0.4, 0.5) is 0 Å². The quantitative estimate of drug-likeness (QED) is 0.629. The lowest BCUT2D eigenvalue weighted by molar-refractivity contribution is -0.151. The first-order valence-electron chi connectivity index (χ1n) is 8.27. The molecule has 0 bridgehead atoms. The number of rotatable bonds is 5. The van der Waals surface area contributed by atoms with Crippen molar-refractivity contribution < 1.29 is 14.3 Å². The highest BCUT2D eigenvalue weighted by Crippen LogP contribution is 2.29. The second-order valence-electron chi connectivity index (χ2n) is 6.26. The highest BCUT2D eigenvalue weighted by Gasteiger charge is 2.41. The van der Waals surface area contributed by atoms with E-state index < -0.39 is 5.54 Å². The Bertz CT molecular complexity index is 528. The van der Waals surface area contributed by atoms with Crippen molar-refractivity contribution in [2.75, 3.05) is 7.11 Å². The number of halogens is 1. The second kappa shape index (κ2) is 9.64. The SMILES string of the molecule is COC(=O)C1(NC(=O)CC(N)c2ccccc2)CCCCCC1.Cl. The minimum absolute atomic E-state index is 0. The van der Waals surface area contributed by atoms with Gasteiger partial charge < -0.3 is 15.8 Å². The fourth-order valence-electron chi connectivity index (χ4n) is 3.24. The summed E-state index contributed by atoms with van der Waals surface area (Å²) in [6.45, 7) is 0. The van der Waals surface area contributed by atoms with Gasteiger partial charge in [0.2, 0.25) is 5.91 Å². The molecule has 0 radical (unpaired) electrons. The van der Waals surface area contributed by atoms with Gasteiger partial charge in [0.05, 0.1) is 7.11 Å². The Balaban J connectivity index is 0.00000288. The van der Waals surface area contributed by atoms with Gasteiger partial charge in [0, 0.05) is 12.5 Å². The number of methoxy groups -OCH3 is 1. The Labute approximate surface area is 149 Å². The maximum absolute atomic E-state index is 12.4. The molecular weight excluding hydrogens is 328 g/mol. The van der Waals surface area contributed by atoms with Gasteiger partial charge in [0.25, 0.3) is 0 Å². The fraction of sp³-hybridized carbons (Fsp3) is 0.556. The zero-order valence-electron chi connectivity index (χ0n) is 14.1. The van der Waals surface area contributed by atoms with Gasteiger partial charge >= 0.3 is 5.97 Å². The number of ether oxygens (including phenoxy) is 1. The minimum atomic E-state index is -0.890. The van der Waals surface area contributed by atoms with Crippen molar-refractivity contribution in [2.24, 2.45) is 5.73 Å². The first-order valence-corrected chi connectivity index (χ1v) is 8.27. The summed E-state index contributed by atoms with van der Waals surface area (Å²) >= 11 is 0. The first kappa shape index (κ1) is 20.5. The zero-order valence-corrected chi connectivity index (χ0v) is 14.9. The molecule has 2 rings (SSSR count). The maximum Gasteiger partial charge on any atom is 0.331 e. The monoisotopic (exact) mass is 354 g/mol. The van der Waals surface area contributed by atoms with Crippen LogP contribution in [0.5, 0.6) is 0 Å². The van der Waals surface area contributed by atoms with E-state index in [1.165, 1.54) is 7.11 Å². The van der Waals surface area contributed by atoms with Gasteiger partial charge in [-0.2, -0.15) is 0 Å². The Morgan fingerprint density at radius 3 is 2.29 bits per heavy atom. The molecule has 1 atom stereocenters. The van der Waals surface area contributed by atoms with Crippen LogP contribution in [0.2, 0.25) is 0 Å². The van der Waals surface area contributed by atoms with Crippen LogP contribution >= 0.6 is 12.4 Å². The summed E-state index contributed by atoms with van der Waals surface area (Å²) in [5.41, 5.74) is 6.13. The van der Waals surface area contributed by atoms with Crippen molar-refractivity contribution in [3.05, 3.63) is 35.9 Å². The Hall–Kier alpha value is -1.59. The summed E-state index contributed by atoms with van der Waals surface area (Å²) in [6.07, 6.45) is 5.41. The molecule has 0 heterocycles. The molecule has 0 spiro atoms. The van der Waals surface area contributed by atoms with E-state index in [0.29, 0.717) is 12.8 Å². The number of hydrogen-bond acceptors (Lipinski definition) is 4. The van der Waals surface area contributed by atoms with Crippen molar-refractivity contribution in [1.29, 1.82) is 0 Å². The normalized spacial score (nSPS) is 17.8.